The van der Waals surface area contributed by atoms with Gasteiger partial charge in [0.1, 0.15) is 5.54 Å². The highest BCUT2D eigenvalue weighted by Crippen LogP contribution is 2.46. The van der Waals surface area contributed by atoms with Crippen LogP contribution in [0.5, 0.6) is 0 Å². The number of rotatable bonds is 5. The maximum Gasteiger partial charge on any atom is 0.332 e. The van der Waals surface area contributed by atoms with Crippen molar-refractivity contribution in [2.45, 2.75) is 38.1 Å². The van der Waals surface area contributed by atoms with Gasteiger partial charge in [0, 0.05) is 0 Å². The van der Waals surface area contributed by atoms with Crippen molar-refractivity contribution in [2.24, 2.45) is 0 Å². The molecule has 1 saturated carbocycles. The molecule has 0 radical (unpaired) electrons. The van der Waals surface area contributed by atoms with Gasteiger partial charge in [-0.25, -0.2) is 4.79 Å². The van der Waals surface area contributed by atoms with Crippen LogP contribution in [0.2, 0.25) is 0 Å². The van der Waals surface area contributed by atoms with Gasteiger partial charge in [-0.2, -0.15) is 0 Å². The maximum atomic E-state index is 12.4. The Kier molecular flexibility index (Phi) is 3.27. The van der Waals surface area contributed by atoms with Crippen LogP contribution >= 0.6 is 0 Å². The van der Waals surface area contributed by atoms with Gasteiger partial charge in [0.05, 0.1) is 17.7 Å². The molecule has 1 aromatic rings. The molecular formula is C16H17NO4. The van der Waals surface area contributed by atoms with E-state index in [-0.39, 0.29) is 11.8 Å². The Bertz CT molecular complexity index is 583. The van der Waals surface area contributed by atoms with Gasteiger partial charge in [-0.1, -0.05) is 25.5 Å². The van der Waals surface area contributed by atoms with Gasteiger partial charge in [0.25, 0.3) is 11.8 Å². The highest BCUT2D eigenvalue weighted by atomic mass is 16.5. The lowest BCUT2D eigenvalue weighted by Gasteiger charge is -2.24. The number of benzene rings is 1. The van der Waals surface area contributed by atoms with Crippen LogP contribution in [-0.4, -0.2) is 34.8 Å². The number of fused-ring (bicyclic) bond motifs is 1. The molecule has 1 heterocycles. The average Bonchev–Trinajstić information content (AvgIpc) is 3.24. The fourth-order valence-corrected chi connectivity index (χ4v) is 2.66. The van der Waals surface area contributed by atoms with Crippen molar-refractivity contribution in [1.29, 1.82) is 0 Å². The average molecular weight is 287 g/mol. The van der Waals surface area contributed by atoms with Crippen LogP contribution in [0.15, 0.2) is 24.3 Å². The van der Waals surface area contributed by atoms with Crippen molar-refractivity contribution in [3.63, 3.8) is 0 Å². The van der Waals surface area contributed by atoms with E-state index < -0.39 is 11.5 Å². The summed E-state index contributed by atoms with van der Waals surface area (Å²) in [7, 11) is 0. The van der Waals surface area contributed by atoms with Gasteiger partial charge in [-0.05, 0) is 31.4 Å². The minimum Gasteiger partial charge on any atom is -0.464 e. The Labute approximate surface area is 122 Å². The number of unbranched alkanes of at least 4 members (excludes halogenated alkanes) is 1. The summed E-state index contributed by atoms with van der Waals surface area (Å²) in [6, 6.07) is 6.67. The number of hydrogen-bond acceptors (Lipinski definition) is 4. The first-order chi connectivity index (χ1) is 10.1. The SMILES string of the molecule is CCCCOC(=O)C1(N2C(=O)c3ccccc3C2=O)CC1. The molecule has 0 spiro atoms. The minimum absolute atomic E-state index is 0.334. The van der Waals surface area contributed by atoms with Gasteiger partial charge >= 0.3 is 5.97 Å². The third kappa shape index (κ3) is 2.04. The van der Waals surface area contributed by atoms with Crippen molar-refractivity contribution in [2.75, 3.05) is 6.61 Å². The smallest absolute Gasteiger partial charge is 0.332 e. The zero-order chi connectivity index (χ0) is 15.0. The Hall–Kier alpha value is -2.17. The molecule has 0 atom stereocenters. The number of carbonyl (C=O) groups excluding carboxylic acids is 3. The topological polar surface area (TPSA) is 63.7 Å². The molecular weight excluding hydrogens is 270 g/mol. The van der Waals surface area contributed by atoms with Gasteiger partial charge in [-0.15, -0.1) is 0 Å². The Morgan fingerprint density at radius 2 is 1.76 bits per heavy atom. The zero-order valence-corrected chi connectivity index (χ0v) is 11.9. The van der Waals surface area contributed by atoms with Crippen molar-refractivity contribution in [3.8, 4) is 0 Å². The molecule has 0 saturated heterocycles. The van der Waals surface area contributed by atoms with E-state index in [4.69, 9.17) is 4.74 Å². The number of imide groups is 1. The van der Waals surface area contributed by atoms with Crippen LogP contribution < -0.4 is 0 Å². The van der Waals surface area contributed by atoms with Crippen molar-refractivity contribution in [1.82, 2.24) is 4.90 Å². The van der Waals surface area contributed by atoms with E-state index >= 15 is 0 Å². The molecule has 1 aliphatic carbocycles. The summed E-state index contributed by atoms with van der Waals surface area (Å²) in [6.07, 6.45) is 2.68. The Morgan fingerprint density at radius 1 is 1.19 bits per heavy atom. The monoisotopic (exact) mass is 287 g/mol. The largest absolute Gasteiger partial charge is 0.464 e. The fraction of sp³-hybridized carbons (Fsp3) is 0.438. The normalized spacial score (nSPS) is 18.6. The quantitative estimate of drug-likeness (QED) is 0.473. The molecule has 1 aromatic carbocycles. The molecule has 2 amide bonds. The molecule has 21 heavy (non-hydrogen) atoms. The van der Waals surface area contributed by atoms with Crippen molar-refractivity contribution >= 4 is 17.8 Å². The third-order valence-corrected chi connectivity index (χ3v) is 4.06. The van der Waals surface area contributed by atoms with E-state index in [9.17, 15) is 14.4 Å². The number of nitrogens with zero attached hydrogens (tertiary/aromatic N) is 1. The van der Waals surface area contributed by atoms with E-state index in [0.717, 1.165) is 17.7 Å². The first-order valence-corrected chi connectivity index (χ1v) is 7.27. The third-order valence-electron chi connectivity index (χ3n) is 4.06. The Balaban J connectivity index is 1.83. The summed E-state index contributed by atoms with van der Waals surface area (Å²) in [5.41, 5.74) is -0.328. The second-order valence-corrected chi connectivity index (χ2v) is 5.51. The molecule has 110 valence electrons. The summed E-state index contributed by atoms with van der Waals surface area (Å²) in [5, 5.41) is 0. The van der Waals surface area contributed by atoms with Crippen LogP contribution in [-0.2, 0) is 9.53 Å². The van der Waals surface area contributed by atoms with Crippen molar-refractivity contribution in [3.05, 3.63) is 35.4 Å². The van der Waals surface area contributed by atoms with E-state index in [2.05, 4.69) is 0 Å². The van der Waals surface area contributed by atoms with Gasteiger partial charge < -0.3 is 4.74 Å². The molecule has 0 N–H and O–H groups in total. The number of hydrogen-bond donors (Lipinski definition) is 0. The lowest BCUT2D eigenvalue weighted by Crippen LogP contribution is -2.48. The minimum atomic E-state index is -1.07. The second-order valence-electron chi connectivity index (χ2n) is 5.51. The van der Waals surface area contributed by atoms with Crippen LogP contribution in [0.25, 0.3) is 0 Å². The van der Waals surface area contributed by atoms with Crippen LogP contribution in [0.3, 0.4) is 0 Å². The summed E-state index contributed by atoms with van der Waals surface area (Å²) in [4.78, 5) is 38.2. The highest BCUT2D eigenvalue weighted by Gasteiger charge is 2.62. The van der Waals surface area contributed by atoms with Crippen LogP contribution in [0.4, 0.5) is 0 Å². The molecule has 1 fully saturated rings. The van der Waals surface area contributed by atoms with E-state index in [1.165, 1.54) is 0 Å². The number of amides is 2. The van der Waals surface area contributed by atoms with Crippen LogP contribution in [0.1, 0.15) is 53.3 Å². The number of carbonyl (C=O) groups is 3. The van der Waals surface area contributed by atoms with Crippen LogP contribution in [0, 0.1) is 0 Å². The lowest BCUT2D eigenvalue weighted by atomic mass is 10.1. The first kappa shape index (κ1) is 13.8. The maximum absolute atomic E-state index is 12.4. The van der Waals surface area contributed by atoms with Gasteiger partial charge in [-0.3, -0.25) is 14.5 Å². The zero-order valence-electron chi connectivity index (χ0n) is 11.9. The number of ether oxygens (including phenoxy) is 1. The summed E-state index contributed by atoms with van der Waals surface area (Å²) >= 11 is 0. The van der Waals surface area contributed by atoms with Gasteiger partial charge in [0.15, 0.2) is 0 Å². The summed E-state index contributed by atoms with van der Waals surface area (Å²) in [6.45, 7) is 2.34. The van der Waals surface area contributed by atoms with E-state index in [0.29, 0.717) is 30.6 Å². The molecule has 0 aromatic heterocycles. The Morgan fingerprint density at radius 3 is 2.24 bits per heavy atom. The molecule has 0 unspecified atom stereocenters. The molecule has 3 rings (SSSR count). The molecule has 2 aliphatic rings. The lowest BCUT2D eigenvalue weighted by molar-refractivity contribution is -0.150. The standard InChI is InChI=1S/C16H17NO4/c1-2-3-10-21-15(20)16(8-9-16)17-13(18)11-6-4-5-7-12(11)14(17)19/h4-7H,2-3,8-10H2,1H3. The van der Waals surface area contributed by atoms with E-state index in [1.54, 1.807) is 24.3 Å². The second kappa shape index (κ2) is 4.98. The first-order valence-electron chi connectivity index (χ1n) is 7.27. The highest BCUT2D eigenvalue weighted by molar-refractivity contribution is 6.23. The summed E-state index contributed by atoms with van der Waals surface area (Å²) < 4.78 is 5.23. The van der Waals surface area contributed by atoms with Gasteiger partial charge in [0.2, 0.25) is 0 Å². The van der Waals surface area contributed by atoms with Crippen molar-refractivity contribution < 1.29 is 19.1 Å². The summed E-state index contributed by atoms with van der Waals surface area (Å²) in [5.74, 6) is -1.23. The predicted molar refractivity (Wildman–Crippen MR) is 74.8 cm³/mol. The predicted octanol–water partition coefficient (Wildman–Crippen LogP) is 2.16. The fourth-order valence-electron chi connectivity index (χ4n) is 2.66. The number of esters is 1. The van der Waals surface area contributed by atoms with E-state index in [1.807, 2.05) is 6.92 Å². The molecule has 5 heteroatoms. The molecule has 1 aliphatic heterocycles. The molecule has 5 nitrogen and oxygen atoms in total. The molecule has 0 bridgehead atoms.